The minimum absolute atomic E-state index is 0.128. The van der Waals surface area contributed by atoms with Crippen LogP contribution in [0.3, 0.4) is 0 Å². The highest BCUT2D eigenvalue weighted by atomic mass is 16.2. The van der Waals surface area contributed by atoms with Crippen LogP contribution >= 0.6 is 0 Å². The number of benzene rings is 2. The van der Waals surface area contributed by atoms with Gasteiger partial charge < -0.3 is 15.2 Å². The predicted octanol–water partition coefficient (Wildman–Crippen LogP) is 2.62. The Hall–Kier alpha value is -3.15. The maximum Gasteiger partial charge on any atom is 0.244 e. The zero-order chi connectivity index (χ0) is 17.8. The van der Waals surface area contributed by atoms with Crippen molar-refractivity contribution in [1.82, 2.24) is 14.9 Å². The molecule has 0 aliphatic heterocycles. The van der Waals surface area contributed by atoms with E-state index >= 15 is 0 Å². The summed E-state index contributed by atoms with van der Waals surface area (Å²) in [6.07, 6.45) is 0. The highest BCUT2D eigenvalue weighted by molar-refractivity contribution is 5.91. The Balaban J connectivity index is 1.84. The lowest BCUT2D eigenvalue weighted by molar-refractivity contribution is -0.119. The van der Waals surface area contributed by atoms with E-state index in [4.69, 9.17) is 0 Å². The Morgan fingerprint density at radius 3 is 2.68 bits per heavy atom. The summed E-state index contributed by atoms with van der Waals surface area (Å²) in [5.74, 6) is 0.372. The van der Waals surface area contributed by atoms with Gasteiger partial charge in [-0.2, -0.15) is 0 Å². The smallest absolute Gasteiger partial charge is 0.244 e. The van der Waals surface area contributed by atoms with E-state index in [1.54, 1.807) is 0 Å². The second-order valence-electron chi connectivity index (χ2n) is 5.93. The number of aromatic nitrogens is 2. The molecule has 2 aromatic carbocycles. The summed E-state index contributed by atoms with van der Waals surface area (Å²) >= 11 is 0. The molecule has 3 rings (SSSR count). The first-order valence-electron chi connectivity index (χ1n) is 8.08. The molecule has 6 nitrogen and oxygen atoms in total. The fourth-order valence-corrected chi connectivity index (χ4v) is 2.71. The Morgan fingerprint density at radius 1 is 1.12 bits per heavy atom. The summed E-state index contributed by atoms with van der Waals surface area (Å²) in [6, 6.07) is 15.3. The zero-order valence-electron chi connectivity index (χ0n) is 14.2. The van der Waals surface area contributed by atoms with E-state index in [9.17, 15) is 9.59 Å². The molecule has 0 radical (unpaired) electrons. The van der Waals surface area contributed by atoms with Gasteiger partial charge in [0.15, 0.2) is 0 Å². The fraction of sp³-hybridized carbons (Fsp3) is 0.211. The number of aryl methyl sites for hydroxylation is 1. The zero-order valence-corrected chi connectivity index (χ0v) is 14.2. The number of rotatable bonds is 5. The molecule has 6 heteroatoms. The van der Waals surface area contributed by atoms with Gasteiger partial charge in [-0.15, -0.1) is 0 Å². The Morgan fingerprint density at radius 2 is 1.92 bits per heavy atom. The number of hydrogen-bond donors (Lipinski definition) is 2. The normalized spacial score (nSPS) is 10.6. The van der Waals surface area contributed by atoms with Gasteiger partial charge in [-0.1, -0.05) is 24.3 Å². The average Bonchev–Trinajstić information content (AvgIpc) is 2.91. The van der Waals surface area contributed by atoms with E-state index in [0.29, 0.717) is 5.82 Å². The quantitative estimate of drug-likeness (QED) is 0.752. The monoisotopic (exact) mass is 336 g/mol. The number of imidazole rings is 1. The molecule has 2 amide bonds. The number of nitrogens with zero attached hydrogens (tertiary/aromatic N) is 2. The number of anilines is 1. The summed E-state index contributed by atoms with van der Waals surface area (Å²) < 4.78 is 1.83. The molecule has 128 valence electrons. The molecule has 0 saturated carbocycles. The second-order valence-corrected chi connectivity index (χ2v) is 5.93. The van der Waals surface area contributed by atoms with Crippen LogP contribution in [0, 0.1) is 6.92 Å². The van der Waals surface area contributed by atoms with Gasteiger partial charge in [0, 0.05) is 12.6 Å². The topological polar surface area (TPSA) is 76.0 Å². The molecule has 25 heavy (non-hydrogen) atoms. The molecular weight excluding hydrogens is 316 g/mol. The molecule has 0 aliphatic carbocycles. The van der Waals surface area contributed by atoms with Crippen molar-refractivity contribution in [2.75, 3.05) is 5.32 Å². The maximum absolute atomic E-state index is 12.5. The van der Waals surface area contributed by atoms with Crippen molar-refractivity contribution in [2.45, 2.75) is 26.9 Å². The van der Waals surface area contributed by atoms with E-state index in [1.807, 2.05) is 60.0 Å². The van der Waals surface area contributed by atoms with E-state index in [1.165, 1.54) is 6.92 Å². The lowest BCUT2D eigenvalue weighted by atomic mass is 10.2. The lowest BCUT2D eigenvalue weighted by Crippen LogP contribution is -2.24. The number of carbonyl (C=O) groups is 2. The molecular formula is C19H20N4O2. The molecule has 0 atom stereocenters. The van der Waals surface area contributed by atoms with Gasteiger partial charge in [0.05, 0.1) is 17.6 Å². The number of amides is 2. The largest absolute Gasteiger partial charge is 0.349 e. The number of fused-ring (bicyclic) bond motifs is 1. The van der Waals surface area contributed by atoms with Gasteiger partial charge in [0.1, 0.15) is 12.4 Å². The number of nitrogens with one attached hydrogen (secondary N) is 2. The first-order chi connectivity index (χ1) is 12.0. The van der Waals surface area contributed by atoms with Crippen LogP contribution in [0.2, 0.25) is 0 Å². The van der Waals surface area contributed by atoms with E-state index in [2.05, 4.69) is 15.6 Å². The third-order valence-corrected chi connectivity index (χ3v) is 3.83. The van der Waals surface area contributed by atoms with Crippen molar-refractivity contribution in [1.29, 1.82) is 0 Å². The van der Waals surface area contributed by atoms with Crippen LogP contribution in [0.1, 0.15) is 18.3 Å². The lowest BCUT2D eigenvalue weighted by Gasteiger charge is -2.10. The third kappa shape index (κ3) is 4.03. The fourth-order valence-electron chi connectivity index (χ4n) is 2.71. The van der Waals surface area contributed by atoms with E-state index in [-0.39, 0.29) is 24.9 Å². The van der Waals surface area contributed by atoms with Gasteiger partial charge >= 0.3 is 0 Å². The SMILES string of the molecule is CC(=O)NCc1nc2ccccc2n1CC(=O)Nc1cccc(C)c1. The van der Waals surface area contributed by atoms with Gasteiger partial charge in [0.2, 0.25) is 11.8 Å². The van der Waals surface area contributed by atoms with E-state index < -0.39 is 0 Å². The molecule has 0 aliphatic rings. The van der Waals surface area contributed by atoms with Crippen LogP contribution in [-0.4, -0.2) is 21.4 Å². The molecule has 1 heterocycles. The van der Waals surface area contributed by atoms with Gasteiger partial charge in [-0.25, -0.2) is 4.98 Å². The standard InChI is InChI=1S/C19H20N4O2/c1-13-6-5-7-15(10-13)21-19(25)12-23-17-9-4-3-8-16(17)22-18(23)11-20-14(2)24/h3-10H,11-12H2,1-2H3,(H,20,24)(H,21,25). The van der Waals surface area contributed by atoms with Crippen molar-refractivity contribution < 1.29 is 9.59 Å². The van der Waals surface area contributed by atoms with Crippen molar-refractivity contribution in [3.8, 4) is 0 Å². The number of carbonyl (C=O) groups excluding carboxylic acids is 2. The van der Waals surface area contributed by atoms with Crippen LogP contribution in [0.4, 0.5) is 5.69 Å². The van der Waals surface area contributed by atoms with Crippen molar-refractivity contribution >= 4 is 28.5 Å². The summed E-state index contributed by atoms with van der Waals surface area (Å²) in [5, 5.41) is 5.64. The molecule has 0 fully saturated rings. The van der Waals surface area contributed by atoms with Crippen molar-refractivity contribution in [2.24, 2.45) is 0 Å². The highest BCUT2D eigenvalue weighted by Gasteiger charge is 2.14. The molecule has 2 N–H and O–H groups in total. The second kappa shape index (κ2) is 7.17. The average molecular weight is 336 g/mol. The van der Waals surface area contributed by atoms with Gasteiger partial charge in [0.25, 0.3) is 0 Å². The van der Waals surface area contributed by atoms with E-state index in [0.717, 1.165) is 22.3 Å². The Labute approximate surface area is 145 Å². The molecule has 0 unspecified atom stereocenters. The molecule has 0 bridgehead atoms. The summed E-state index contributed by atoms with van der Waals surface area (Å²) in [6.45, 7) is 3.84. The van der Waals surface area contributed by atoms with Crippen LogP contribution in [-0.2, 0) is 22.7 Å². The number of hydrogen-bond acceptors (Lipinski definition) is 3. The molecule has 1 aromatic heterocycles. The van der Waals surface area contributed by atoms with Crippen LogP contribution in [0.25, 0.3) is 11.0 Å². The number of para-hydroxylation sites is 2. The summed E-state index contributed by atoms with van der Waals surface area (Å²) in [5.41, 5.74) is 3.50. The third-order valence-electron chi connectivity index (χ3n) is 3.83. The van der Waals surface area contributed by atoms with Crippen LogP contribution in [0.5, 0.6) is 0 Å². The predicted molar refractivity (Wildman–Crippen MR) is 97.1 cm³/mol. The molecule has 3 aromatic rings. The summed E-state index contributed by atoms with van der Waals surface area (Å²) in [4.78, 5) is 28.2. The van der Waals surface area contributed by atoms with Crippen LogP contribution < -0.4 is 10.6 Å². The first-order valence-corrected chi connectivity index (χ1v) is 8.08. The minimum Gasteiger partial charge on any atom is -0.349 e. The minimum atomic E-state index is -0.141. The first kappa shape index (κ1) is 16.7. The molecule has 0 spiro atoms. The van der Waals surface area contributed by atoms with Crippen molar-refractivity contribution in [3.05, 3.63) is 59.9 Å². The Kier molecular flexibility index (Phi) is 4.79. The van der Waals surface area contributed by atoms with Crippen molar-refractivity contribution in [3.63, 3.8) is 0 Å². The van der Waals surface area contributed by atoms with Gasteiger partial charge in [-0.05, 0) is 36.8 Å². The maximum atomic E-state index is 12.5. The summed E-state index contributed by atoms with van der Waals surface area (Å²) in [7, 11) is 0. The molecule has 0 saturated heterocycles. The highest BCUT2D eigenvalue weighted by Crippen LogP contribution is 2.17. The Bertz CT molecular complexity index is 930. The van der Waals surface area contributed by atoms with Crippen LogP contribution in [0.15, 0.2) is 48.5 Å². The van der Waals surface area contributed by atoms with Gasteiger partial charge in [-0.3, -0.25) is 9.59 Å².